The Kier molecular flexibility index (Phi) is 3.54. The minimum atomic E-state index is -0.313. The lowest BCUT2D eigenvalue weighted by atomic mass is 10.2. The topological polar surface area (TPSA) is 29.5 Å². The summed E-state index contributed by atoms with van der Waals surface area (Å²) in [6.45, 7) is 0.714. The Balaban J connectivity index is 1.70. The van der Waals surface area contributed by atoms with Gasteiger partial charge in [0.2, 0.25) is 0 Å². The molecular formula is C13H16O2. The zero-order valence-corrected chi connectivity index (χ0v) is 8.67. The maximum atomic E-state index is 9.25. The van der Waals surface area contributed by atoms with Gasteiger partial charge in [0.15, 0.2) is 0 Å². The van der Waals surface area contributed by atoms with E-state index in [1.807, 2.05) is 24.3 Å². The summed E-state index contributed by atoms with van der Waals surface area (Å²) in [5.41, 5.74) is 1.29. The summed E-state index contributed by atoms with van der Waals surface area (Å²) in [6.07, 6.45) is 5.16. The first-order valence-corrected chi connectivity index (χ1v) is 5.36. The maximum absolute atomic E-state index is 9.25. The van der Waals surface area contributed by atoms with Gasteiger partial charge in [-0.25, -0.2) is 0 Å². The van der Waals surface area contributed by atoms with Crippen molar-refractivity contribution >= 4 is 0 Å². The molecular weight excluding hydrogens is 188 g/mol. The van der Waals surface area contributed by atoms with Crippen molar-refractivity contribution in [3.63, 3.8) is 0 Å². The average Bonchev–Trinajstić information content (AvgIpc) is 2.66. The fourth-order valence-electron chi connectivity index (χ4n) is 1.74. The largest absolute Gasteiger partial charge is 0.389 e. The number of ether oxygens (including phenoxy) is 1. The molecule has 80 valence electrons. The number of aliphatic hydroxyl groups is 1. The van der Waals surface area contributed by atoms with E-state index >= 15 is 0 Å². The Morgan fingerprint density at radius 1 is 1.20 bits per heavy atom. The molecule has 0 amide bonds. The Morgan fingerprint density at radius 2 is 2.00 bits per heavy atom. The van der Waals surface area contributed by atoms with Gasteiger partial charge in [0.05, 0.1) is 18.8 Å². The van der Waals surface area contributed by atoms with Crippen LogP contribution in [0.3, 0.4) is 0 Å². The quantitative estimate of drug-likeness (QED) is 0.759. The highest BCUT2D eigenvalue weighted by atomic mass is 16.5. The molecule has 0 radical (unpaired) electrons. The molecule has 1 aromatic rings. The zero-order chi connectivity index (χ0) is 10.5. The van der Waals surface area contributed by atoms with Crippen LogP contribution in [0.15, 0.2) is 42.5 Å². The SMILES string of the molecule is OC1C=CC(OCCc2ccccc2)C1. The maximum Gasteiger partial charge on any atom is 0.0784 e. The van der Waals surface area contributed by atoms with E-state index in [-0.39, 0.29) is 12.2 Å². The molecule has 0 spiro atoms. The van der Waals surface area contributed by atoms with Crippen LogP contribution in [-0.4, -0.2) is 23.9 Å². The van der Waals surface area contributed by atoms with E-state index in [2.05, 4.69) is 12.1 Å². The van der Waals surface area contributed by atoms with Crippen molar-refractivity contribution in [1.82, 2.24) is 0 Å². The van der Waals surface area contributed by atoms with E-state index < -0.39 is 0 Å². The first kappa shape index (κ1) is 10.4. The lowest BCUT2D eigenvalue weighted by Crippen LogP contribution is -2.12. The molecule has 1 aliphatic carbocycles. The van der Waals surface area contributed by atoms with Crippen LogP contribution in [0.4, 0.5) is 0 Å². The van der Waals surface area contributed by atoms with Gasteiger partial charge in [0.1, 0.15) is 0 Å². The van der Waals surface area contributed by atoms with Gasteiger partial charge in [0, 0.05) is 6.42 Å². The smallest absolute Gasteiger partial charge is 0.0784 e. The molecule has 2 nitrogen and oxygen atoms in total. The molecule has 2 atom stereocenters. The highest BCUT2D eigenvalue weighted by Crippen LogP contribution is 2.14. The van der Waals surface area contributed by atoms with Crippen LogP contribution in [-0.2, 0) is 11.2 Å². The Morgan fingerprint density at radius 3 is 2.67 bits per heavy atom. The van der Waals surface area contributed by atoms with Crippen molar-refractivity contribution < 1.29 is 9.84 Å². The summed E-state index contributed by atoms with van der Waals surface area (Å²) in [6, 6.07) is 10.3. The third-order valence-corrected chi connectivity index (χ3v) is 2.59. The molecule has 15 heavy (non-hydrogen) atoms. The van der Waals surface area contributed by atoms with Gasteiger partial charge in [-0.15, -0.1) is 0 Å². The lowest BCUT2D eigenvalue weighted by Gasteiger charge is -2.10. The predicted molar refractivity (Wildman–Crippen MR) is 59.6 cm³/mol. The molecule has 0 saturated heterocycles. The molecule has 0 fully saturated rings. The molecule has 0 aliphatic heterocycles. The van der Waals surface area contributed by atoms with Crippen molar-refractivity contribution in [3.8, 4) is 0 Å². The Labute approximate surface area is 90.2 Å². The molecule has 1 aromatic carbocycles. The van der Waals surface area contributed by atoms with Gasteiger partial charge in [0.25, 0.3) is 0 Å². The lowest BCUT2D eigenvalue weighted by molar-refractivity contribution is 0.0660. The number of hydrogen-bond donors (Lipinski definition) is 1. The third kappa shape index (κ3) is 3.18. The van der Waals surface area contributed by atoms with Gasteiger partial charge in [-0.3, -0.25) is 0 Å². The number of hydrogen-bond acceptors (Lipinski definition) is 2. The average molecular weight is 204 g/mol. The zero-order valence-electron chi connectivity index (χ0n) is 8.67. The normalized spacial score (nSPS) is 24.6. The van der Waals surface area contributed by atoms with Gasteiger partial charge in [-0.1, -0.05) is 42.5 Å². The first-order valence-electron chi connectivity index (χ1n) is 5.36. The summed E-state index contributed by atoms with van der Waals surface area (Å²) in [4.78, 5) is 0. The van der Waals surface area contributed by atoms with E-state index in [0.29, 0.717) is 13.0 Å². The monoisotopic (exact) mass is 204 g/mol. The molecule has 2 unspecified atom stereocenters. The van der Waals surface area contributed by atoms with Crippen LogP contribution >= 0.6 is 0 Å². The minimum absolute atomic E-state index is 0.101. The molecule has 2 rings (SSSR count). The van der Waals surface area contributed by atoms with Gasteiger partial charge < -0.3 is 9.84 Å². The van der Waals surface area contributed by atoms with E-state index in [9.17, 15) is 5.11 Å². The molecule has 0 heterocycles. The highest BCUT2D eigenvalue weighted by Gasteiger charge is 2.16. The van der Waals surface area contributed by atoms with Gasteiger partial charge in [-0.05, 0) is 12.0 Å². The van der Waals surface area contributed by atoms with Crippen molar-refractivity contribution in [2.45, 2.75) is 25.0 Å². The van der Waals surface area contributed by atoms with Gasteiger partial charge >= 0.3 is 0 Å². The van der Waals surface area contributed by atoms with Crippen molar-refractivity contribution in [1.29, 1.82) is 0 Å². The van der Waals surface area contributed by atoms with Crippen LogP contribution in [0.2, 0.25) is 0 Å². The van der Waals surface area contributed by atoms with Crippen molar-refractivity contribution in [2.24, 2.45) is 0 Å². The molecule has 0 bridgehead atoms. The van der Waals surface area contributed by atoms with Crippen LogP contribution in [0.5, 0.6) is 0 Å². The molecule has 0 aromatic heterocycles. The van der Waals surface area contributed by atoms with Crippen LogP contribution in [0, 0.1) is 0 Å². The molecule has 1 aliphatic rings. The van der Waals surface area contributed by atoms with Crippen molar-refractivity contribution in [3.05, 3.63) is 48.0 Å². The number of rotatable bonds is 4. The summed E-state index contributed by atoms with van der Waals surface area (Å²) in [7, 11) is 0. The Bertz CT molecular complexity index is 319. The van der Waals surface area contributed by atoms with E-state index in [0.717, 1.165) is 6.42 Å². The number of aliphatic hydroxyl groups excluding tert-OH is 1. The standard InChI is InChI=1S/C13H16O2/c14-12-6-7-13(10-12)15-9-8-11-4-2-1-3-5-11/h1-7,12-14H,8-10H2. The summed E-state index contributed by atoms with van der Waals surface area (Å²) >= 11 is 0. The summed E-state index contributed by atoms with van der Waals surface area (Å²) in [5, 5.41) is 9.25. The minimum Gasteiger partial charge on any atom is -0.389 e. The first-order chi connectivity index (χ1) is 7.34. The van der Waals surface area contributed by atoms with E-state index in [4.69, 9.17) is 4.74 Å². The highest BCUT2D eigenvalue weighted by molar-refractivity contribution is 5.14. The second kappa shape index (κ2) is 5.10. The molecule has 0 saturated carbocycles. The molecule has 1 N–H and O–H groups in total. The Hall–Kier alpha value is -1.12. The predicted octanol–water partition coefficient (Wildman–Crippen LogP) is 1.94. The number of benzene rings is 1. The second-order valence-corrected chi connectivity index (χ2v) is 3.83. The fraction of sp³-hybridized carbons (Fsp3) is 0.385. The fourth-order valence-corrected chi connectivity index (χ4v) is 1.74. The van der Waals surface area contributed by atoms with Gasteiger partial charge in [-0.2, -0.15) is 0 Å². The van der Waals surface area contributed by atoms with Crippen LogP contribution < -0.4 is 0 Å². The van der Waals surface area contributed by atoms with Crippen molar-refractivity contribution in [2.75, 3.05) is 6.61 Å². The van der Waals surface area contributed by atoms with E-state index in [1.165, 1.54) is 5.56 Å². The van der Waals surface area contributed by atoms with E-state index in [1.54, 1.807) is 6.08 Å². The summed E-state index contributed by atoms with van der Waals surface area (Å²) in [5.74, 6) is 0. The van der Waals surface area contributed by atoms with Crippen LogP contribution in [0.25, 0.3) is 0 Å². The second-order valence-electron chi connectivity index (χ2n) is 3.83. The third-order valence-electron chi connectivity index (χ3n) is 2.59. The molecule has 2 heteroatoms. The summed E-state index contributed by atoms with van der Waals surface area (Å²) < 4.78 is 5.63. The van der Waals surface area contributed by atoms with Crippen LogP contribution in [0.1, 0.15) is 12.0 Å².